The summed E-state index contributed by atoms with van der Waals surface area (Å²) in [4.78, 5) is 38.5. The summed E-state index contributed by atoms with van der Waals surface area (Å²) in [6.07, 6.45) is 0. The van der Waals surface area contributed by atoms with Gasteiger partial charge < -0.3 is 14.2 Å². The highest BCUT2D eigenvalue weighted by molar-refractivity contribution is 6.19. The minimum absolute atomic E-state index is 0.00840. The number of carbonyl (C=O) groups is 2. The lowest BCUT2D eigenvalue weighted by Gasteiger charge is -2.06. The molecule has 0 aliphatic heterocycles. The average Bonchev–Trinajstić information content (AvgIpc) is 3.17. The lowest BCUT2D eigenvalue weighted by Crippen LogP contribution is -2.21. The Morgan fingerprint density at radius 1 is 0.742 bits per heavy atom. The first-order valence-electron chi connectivity index (χ1n) is 9.57. The fraction of sp³-hybridized carbons (Fsp3) is 0. The normalized spacial score (nSPS) is 11.0. The molecule has 150 valence electrons. The Balaban J connectivity index is 1.60. The summed E-state index contributed by atoms with van der Waals surface area (Å²) in [6, 6.07) is 24.0. The van der Waals surface area contributed by atoms with Crippen molar-refractivity contribution in [2.75, 3.05) is 5.32 Å². The molecule has 0 saturated heterocycles. The van der Waals surface area contributed by atoms with Gasteiger partial charge in [-0.1, -0.05) is 60.7 Å². The molecule has 1 N–H and O–H groups in total. The van der Waals surface area contributed by atoms with E-state index in [4.69, 9.17) is 8.83 Å². The highest BCUT2D eigenvalue weighted by Crippen LogP contribution is 2.32. The van der Waals surface area contributed by atoms with Gasteiger partial charge in [-0.05, 0) is 24.3 Å². The van der Waals surface area contributed by atoms with Crippen LogP contribution < -0.4 is 10.9 Å². The summed E-state index contributed by atoms with van der Waals surface area (Å²) in [5, 5.41) is 3.86. The predicted octanol–water partition coefficient (Wildman–Crippen LogP) is 5.02. The van der Waals surface area contributed by atoms with E-state index < -0.39 is 11.5 Å². The van der Waals surface area contributed by atoms with Gasteiger partial charge in [0.2, 0.25) is 5.78 Å². The minimum Gasteiger partial charge on any atom is -0.450 e. The second-order valence-corrected chi connectivity index (χ2v) is 6.94. The maximum Gasteiger partial charge on any atom is 0.349 e. The van der Waals surface area contributed by atoms with Crippen LogP contribution >= 0.6 is 0 Å². The number of ketones is 1. The molecule has 0 bridgehead atoms. The van der Waals surface area contributed by atoms with Crippen LogP contribution in [0.4, 0.5) is 5.69 Å². The van der Waals surface area contributed by atoms with E-state index in [9.17, 15) is 14.4 Å². The predicted molar refractivity (Wildman–Crippen MR) is 117 cm³/mol. The van der Waals surface area contributed by atoms with Crippen molar-refractivity contribution < 1.29 is 18.4 Å². The van der Waals surface area contributed by atoms with Crippen LogP contribution in [0.5, 0.6) is 0 Å². The minimum atomic E-state index is -0.764. The number of anilines is 1. The number of hydrogen-bond donors (Lipinski definition) is 1. The maximum absolute atomic E-state index is 13.1. The lowest BCUT2D eigenvalue weighted by atomic mass is 10.1. The third-order valence-corrected chi connectivity index (χ3v) is 4.96. The van der Waals surface area contributed by atoms with E-state index in [2.05, 4.69) is 5.32 Å². The second-order valence-electron chi connectivity index (χ2n) is 6.94. The van der Waals surface area contributed by atoms with Gasteiger partial charge in [-0.25, -0.2) is 4.79 Å². The number of fused-ring (bicyclic) bond motifs is 2. The zero-order valence-electron chi connectivity index (χ0n) is 16.1. The van der Waals surface area contributed by atoms with Crippen molar-refractivity contribution in [3.63, 3.8) is 0 Å². The smallest absolute Gasteiger partial charge is 0.349 e. The van der Waals surface area contributed by atoms with Gasteiger partial charge in [-0.2, -0.15) is 0 Å². The summed E-state index contributed by atoms with van der Waals surface area (Å²) in [5.41, 5.74) is 0.534. The van der Waals surface area contributed by atoms with E-state index in [-0.39, 0.29) is 22.8 Å². The first kappa shape index (κ1) is 18.6. The average molecular weight is 409 g/mol. The summed E-state index contributed by atoms with van der Waals surface area (Å²) in [7, 11) is 0. The van der Waals surface area contributed by atoms with Crippen LogP contribution in [0.25, 0.3) is 21.9 Å². The summed E-state index contributed by atoms with van der Waals surface area (Å²) in [5.74, 6) is -1.07. The number of nitrogens with one attached hydrogen (secondary N) is 1. The van der Waals surface area contributed by atoms with Gasteiger partial charge in [-0.15, -0.1) is 0 Å². The van der Waals surface area contributed by atoms with E-state index >= 15 is 0 Å². The van der Waals surface area contributed by atoms with Crippen LogP contribution in [0.2, 0.25) is 0 Å². The monoisotopic (exact) mass is 409 g/mol. The Bertz CT molecular complexity index is 1510. The van der Waals surface area contributed by atoms with Gasteiger partial charge in [0.1, 0.15) is 16.7 Å². The van der Waals surface area contributed by atoms with Gasteiger partial charge in [0, 0.05) is 16.3 Å². The zero-order valence-corrected chi connectivity index (χ0v) is 16.1. The van der Waals surface area contributed by atoms with Gasteiger partial charge in [0.15, 0.2) is 5.76 Å². The lowest BCUT2D eigenvalue weighted by molar-refractivity contribution is 0.101. The molecule has 0 radical (unpaired) electrons. The van der Waals surface area contributed by atoms with Gasteiger partial charge in [-0.3, -0.25) is 9.59 Å². The molecule has 2 aromatic heterocycles. The Morgan fingerprint density at radius 3 is 2.23 bits per heavy atom. The van der Waals surface area contributed by atoms with Crippen LogP contribution in [-0.4, -0.2) is 11.7 Å². The molecule has 31 heavy (non-hydrogen) atoms. The Labute approximate surface area is 175 Å². The van der Waals surface area contributed by atoms with Crippen molar-refractivity contribution in [3.05, 3.63) is 112 Å². The number of benzene rings is 3. The standard InChI is InChI=1S/C25H15NO5/c27-22(15-8-2-1-3-9-15)23-21(17-11-5-7-13-20(17)30-23)26-24(28)18-14-16-10-4-6-12-19(16)31-25(18)29/h1-14H,(H,26,28). The van der Waals surface area contributed by atoms with Crippen molar-refractivity contribution in [2.24, 2.45) is 0 Å². The zero-order chi connectivity index (χ0) is 21.4. The molecule has 2 heterocycles. The molecule has 1 amide bonds. The highest BCUT2D eigenvalue weighted by atomic mass is 16.4. The molecule has 6 nitrogen and oxygen atoms in total. The molecule has 0 spiro atoms. The van der Waals surface area contributed by atoms with Crippen molar-refractivity contribution in [2.45, 2.75) is 0 Å². The molecule has 3 aromatic carbocycles. The first-order valence-corrected chi connectivity index (χ1v) is 9.57. The molecule has 0 unspecified atom stereocenters. The van der Waals surface area contributed by atoms with E-state index in [0.29, 0.717) is 27.5 Å². The maximum atomic E-state index is 13.1. The van der Waals surface area contributed by atoms with Crippen LogP contribution in [-0.2, 0) is 0 Å². The molecular formula is C25H15NO5. The Morgan fingerprint density at radius 2 is 1.42 bits per heavy atom. The highest BCUT2D eigenvalue weighted by Gasteiger charge is 2.24. The number of carbonyl (C=O) groups excluding carboxylic acids is 2. The van der Waals surface area contributed by atoms with E-state index in [0.717, 1.165) is 0 Å². The molecule has 6 heteroatoms. The molecule has 0 saturated carbocycles. The number of hydrogen-bond acceptors (Lipinski definition) is 5. The van der Waals surface area contributed by atoms with Crippen LogP contribution in [0.15, 0.2) is 98.6 Å². The molecular weight excluding hydrogens is 394 g/mol. The largest absolute Gasteiger partial charge is 0.450 e. The second kappa shape index (κ2) is 7.42. The molecule has 0 fully saturated rings. The van der Waals surface area contributed by atoms with Crippen LogP contribution in [0, 0.1) is 0 Å². The molecule has 5 rings (SSSR count). The van der Waals surface area contributed by atoms with Gasteiger partial charge in [0.25, 0.3) is 5.91 Å². The van der Waals surface area contributed by atoms with Gasteiger partial charge in [0.05, 0.1) is 5.69 Å². The molecule has 0 atom stereocenters. The molecule has 0 aliphatic carbocycles. The third kappa shape index (κ3) is 3.30. The summed E-state index contributed by atoms with van der Waals surface area (Å²) < 4.78 is 11.0. The topological polar surface area (TPSA) is 89.5 Å². The third-order valence-electron chi connectivity index (χ3n) is 4.96. The van der Waals surface area contributed by atoms with Crippen LogP contribution in [0.3, 0.4) is 0 Å². The van der Waals surface area contributed by atoms with E-state index in [1.807, 2.05) is 0 Å². The number of rotatable bonds is 4. The van der Waals surface area contributed by atoms with Crippen molar-refractivity contribution >= 4 is 39.3 Å². The summed E-state index contributed by atoms with van der Waals surface area (Å²) in [6.45, 7) is 0. The quantitative estimate of drug-likeness (QED) is 0.332. The Kier molecular flexibility index (Phi) is 4.45. The van der Waals surface area contributed by atoms with Crippen molar-refractivity contribution in [3.8, 4) is 0 Å². The van der Waals surface area contributed by atoms with Crippen molar-refractivity contribution in [1.29, 1.82) is 0 Å². The number of furan rings is 1. The van der Waals surface area contributed by atoms with E-state index in [1.165, 1.54) is 6.07 Å². The van der Waals surface area contributed by atoms with Crippen molar-refractivity contribution in [1.82, 2.24) is 0 Å². The summed E-state index contributed by atoms with van der Waals surface area (Å²) >= 11 is 0. The molecule has 0 aliphatic rings. The van der Waals surface area contributed by atoms with Gasteiger partial charge >= 0.3 is 5.63 Å². The Hall–Kier alpha value is -4.45. The molecule has 5 aromatic rings. The number of para-hydroxylation sites is 2. The van der Waals surface area contributed by atoms with Crippen LogP contribution in [0.1, 0.15) is 26.5 Å². The fourth-order valence-electron chi connectivity index (χ4n) is 3.45. The number of amides is 1. The fourth-order valence-corrected chi connectivity index (χ4v) is 3.45. The van der Waals surface area contributed by atoms with E-state index in [1.54, 1.807) is 78.9 Å². The first-order chi connectivity index (χ1) is 15.1. The SMILES string of the molecule is O=C(c1ccccc1)c1oc2ccccc2c1NC(=O)c1cc2ccccc2oc1=O.